The maximum absolute atomic E-state index is 12.9. The molecule has 5 N–H and O–H groups in total. The standard InChI is InChI=1S/C33H56O9/c1-8-9-10-11-12-13-14-15-16-22(3)28(35)23(4)17-21(2)18-24(5)29(36)25(6)19-26(7)33(41)42-27(20-34)30(37)31(38)32(39)40/h17-19,22-23,25,27-28,30-31,34-35,37-38H,8-16,20H2,1-7H3,(H,39,40)/b21-17+,24-18+,26-19+/t22-,23-,25-,27+,28-,30-,31-/m0/s1. The lowest BCUT2D eigenvalue weighted by Crippen LogP contribution is -2.46. The fourth-order valence-electron chi connectivity index (χ4n) is 4.94. The third-order valence-electron chi connectivity index (χ3n) is 7.62. The topological polar surface area (TPSA) is 162 Å². The molecule has 0 saturated heterocycles. The Morgan fingerprint density at radius 2 is 1.33 bits per heavy atom. The summed E-state index contributed by atoms with van der Waals surface area (Å²) in [5.41, 5.74) is 1.33. The fraction of sp³-hybridized carbons (Fsp3) is 0.727. The fourth-order valence-corrected chi connectivity index (χ4v) is 4.94. The highest BCUT2D eigenvalue weighted by Gasteiger charge is 2.34. The van der Waals surface area contributed by atoms with Crippen molar-refractivity contribution in [1.82, 2.24) is 0 Å². The van der Waals surface area contributed by atoms with Crippen molar-refractivity contribution in [2.45, 2.75) is 131 Å². The van der Waals surface area contributed by atoms with Crippen LogP contribution >= 0.6 is 0 Å². The third kappa shape index (κ3) is 15.2. The number of carbonyl (C=O) groups is 3. The smallest absolute Gasteiger partial charge is 0.335 e. The highest BCUT2D eigenvalue weighted by Crippen LogP contribution is 2.23. The predicted molar refractivity (Wildman–Crippen MR) is 164 cm³/mol. The number of carboxylic acid groups (broad SMARTS) is 1. The lowest BCUT2D eigenvalue weighted by molar-refractivity contribution is -0.171. The van der Waals surface area contributed by atoms with Crippen LogP contribution in [0.1, 0.15) is 106 Å². The van der Waals surface area contributed by atoms with Crippen molar-refractivity contribution in [3.05, 3.63) is 34.9 Å². The zero-order valence-corrected chi connectivity index (χ0v) is 26.7. The van der Waals surface area contributed by atoms with E-state index in [9.17, 15) is 34.8 Å². The molecule has 0 fully saturated rings. The van der Waals surface area contributed by atoms with Gasteiger partial charge < -0.3 is 30.3 Å². The summed E-state index contributed by atoms with van der Waals surface area (Å²) < 4.78 is 4.95. The number of carbonyl (C=O) groups excluding carboxylic acids is 2. The first kappa shape index (κ1) is 39.7. The molecule has 242 valence electrons. The van der Waals surface area contributed by atoms with Crippen molar-refractivity contribution in [2.24, 2.45) is 17.8 Å². The molecule has 0 unspecified atom stereocenters. The minimum absolute atomic E-state index is 0.0219. The van der Waals surface area contributed by atoms with Gasteiger partial charge in [0.25, 0.3) is 0 Å². The van der Waals surface area contributed by atoms with Gasteiger partial charge in [-0.3, -0.25) is 4.79 Å². The van der Waals surface area contributed by atoms with Crippen molar-refractivity contribution in [1.29, 1.82) is 0 Å². The van der Waals surface area contributed by atoms with Crippen molar-refractivity contribution in [3.63, 3.8) is 0 Å². The van der Waals surface area contributed by atoms with Crippen LogP contribution in [-0.4, -0.2) is 74.3 Å². The molecule has 9 heteroatoms. The molecule has 9 nitrogen and oxygen atoms in total. The Hall–Kier alpha value is -2.33. The highest BCUT2D eigenvalue weighted by molar-refractivity contribution is 5.99. The van der Waals surface area contributed by atoms with E-state index in [2.05, 4.69) is 13.8 Å². The third-order valence-corrected chi connectivity index (χ3v) is 7.62. The molecule has 0 spiro atoms. The van der Waals surface area contributed by atoms with Gasteiger partial charge in [0.05, 0.1) is 12.7 Å². The van der Waals surface area contributed by atoms with Gasteiger partial charge >= 0.3 is 11.9 Å². The molecule has 7 atom stereocenters. The molecule has 0 radical (unpaired) electrons. The van der Waals surface area contributed by atoms with E-state index < -0.39 is 48.9 Å². The summed E-state index contributed by atoms with van der Waals surface area (Å²) >= 11 is 0. The van der Waals surface area contributed by atoms with Crippen molar-refractivity contribution in [3.8, 4) is 0 Å². The van der Waals surface area contributed by atoms with Crippen molar-refractivity contribution in [2.75, 3.05) is 6.61 Å². The SMILES string of the molecule is CCCCCCCCCC[C@H](C)[C@H](O)[C@@H](C)/C=C(C)/C=C(\C)C(=O)[C@@H](C)/C=C(\C)C(=O)O[C@H](CO)[C@H](O)[C@H](O)C(=O)O. The van der Waals surface area contributed by atoms with Crippen LogP contribution in [0.25, 0.3) is 0 Å². The van der Waals surface area contributed by atoms with Gasteiger partial charge in [0.1, 0.15) is 6.10 Å². The molecule has 0 aliphatic heterocycles. The van der Waals surface area contributed by atoms with Crippen molar-refractivity contribution < 1.29 is 44.7 Å². The Labute approximate surface area is 252 Å². The average molecular weight is 597 g/mol. The number of carboxylic acids is 1. The van der Waals surface area contributed by atoms with Gasteiger partial charge in [-0.15, -0.1) is 0 Å². The van der Waals surface area contributed by atoms with Crippen LogP contribution in [-0.2, 0) is 19.1 Å². The van der Waals surface area contributed by atoms with E-state index in [0.29, 0.717) is 5.57 Å². The van der Waals surface area contributed by atoms with Crippen LogP contribution in [0.3, 0.4) is 0 Å². The molecule has 0 heterocycles. The number of hydrogen-bond acceptors (Lipinski definition) is 8. The maximum atomic E-state index is 12.9. The molecule has 0 aromatic carbocycles. The number of aliphatic hydroxyl groups is 4. The maximum Gasteiger partial charge on any atom is 0.335 e. The molecule has 0 saturated carbocycles. The Morgan fingerprint density at radius 1 is 0.786 bits per heavy atom. The molecule has 0 bridgehead atoms. The zero-order valence-electron chi connectivity index (χ0n) is 26.7. The number of aliphatic carboxylic acids is 1. The summed E-state index contributed by atoms with van der Waals surface area (Å²) in [6.45, 7) is 11.9. The van der Waals surface area contributed by atoms with Crippen LogP contribution in [0.15, 0.2) is 34.9 Å². The van der Waals surface area contributed by atoms with Gasteiger partial charge in [-0.2, -0.15) is 0 Å². The summed E-state index contributed by atoms with van der Waals surface area (Å²) in [5.74, 6) is -3.54. The minimum Gasteiger partial charge on any atom is -0.479 e. The average Bonchev–Trinajstić information content (AvgIpc) is 2.94. The van der Waals surface area contributed by atoms with Gasteiger partial charge in [-0.25, -0.2) is 9.59 Å². The van der Waals surface area contributed by atoms with Crippen LogP contribution < -0.4 is 0 Å². The van der Waals surface area contributed by atoms with E-state index in [1.165, 1.54) is 57.9 Å². The van der Waals surface area contributed by atoms with Gasteiger partial charge in [0.2, 0.25) is 0 Å². The van der Waals surface area contributed by atoms with E-state index in [1.54, 1.807) is 19.9 Å². The first-order valence-electron chi connectivity index (χ1n) is 15.4. The van der Waals surface area contributed by atoms with Crippen LogP contribution in [0.2, 0.25) is 0 Å². The summed E-state index contributed by atoms with van der Waals surface area (Å²) in [5, 5.41) is 48.3. The molecular weight excluding hydrogens is 540 g/mol. The molecular formula is C33H56O9. The van der Waals surface area contributed by atoms with Gasteiger partial charge in [-0.1, -0.05) is 103 Å². The number of ketones is 1. The summed E-state index contributed by atoms with van der Waals surface area (Å²) in [6.07, 6.45) is 9.68. The van der Waals surface area contributed by atoms with Gasteiger partial charge in [0.15, 0.2) is 18.0 Å². The largest absolute Gasteiger partial charge is 0.479 e. The van der Waals surface area contributed by atoms with Gasteiger partial charge in [0, 0.05) is 17.4 Å². The number of aliphatic hydroxyl groups excluding tert-OH is 4. The normalized spacial score (nSPS) is 18.0. The molecule has 0 aliphatic rings. The lowest BCUT2D eigenvalue weighted by Gasteiger charge is -2.23. The molecule has 0 aromatic heterocycles. The molecule has 42 heavy (non-hydrogen) atoms. The summed E-state index contributed by atoms with van der Waals surface area (Å²) in [7, 11) is 0. The monoisotopic (exact) mass is 596 g/mol. The number of hydrogen-bond donors (Lipinski definition) is 5. The Balaban J connectivity index is 5.02. The molecule has 0 rings (SSSR count). The lowest BCUT2D eigenvalue weighted by atomic mass is 9.88. The first-order chi connectivity index (χ1) is 19.7. The number of allylic oxidation sites excluding steroid dienone is 4. The van der Waals surface area contributed by atoms with Crippen LogP contribution in [0, 0.1) is 17.8 Å². The quantitative estimate of drug-likeness (QED) is 0.0506. The number of Topliss-reactive ketones (excluding diaryl/α,β-unsaturated/α-hetero) is 1. The van der Waals surface area contributed by atoms with E-state index in [4.69, 9.17) is 9.84 Å². The Morgan fingerprint density at radius 3 is 1.86 bits per heavy atom. The minimum atomic E-state index is -2.24. The van der Waals surface area contributed by atoms with E-state index in [1.807, 2.05) is 19.9 Å². The predicted octanol–water partition coefficient (Wildman–Crippen LogP) is 4.90. The number of ether oxygens (including phenoxy) is 1. The molecule has 0 aromatic rings. The second kappa shape index (κ2) is 21.4. The van der Waals surface area contributed by atoms with E-state index >= 15 is 0 Å². The van der Waals surface area contributed by atoms with E-state index in [-0.39, 0.29) is 23.2 Å². The second-order valence-electron chi connectivity index (χ2n) is 11.7. The first-order valence-corrected chi connectivity index (χ1v) is 15.4. The second-order valence-corrected chi connectivity index (χ2v) is 11.7. The number of rotatable bonds is 22. The molecule has 0 aliphatic carbocycles. The zero-order chi connectivity index (χ0) is 32.4. The Kier molecular flexibility index (Phi) is 20.2. The number of unbranched alkanes of at least 4 members (excludes halogenated alkanes) is 7. The van der Waals surface area contributed by atoms with Crippen LogP contribution in [0.5, 0.6) is 0 Å². The van der Waals surface area contributed by atoms with Crippen molar-refractivity contribution >= 4 is 17.7 Å². The molecule has 0 amide bonds. The van der Waals surface area contributed by atoms with Crippen LogP contribution in [0.4, 0.5) is 0 Å². The Bertz CT molecular complexity index is 920. The summed E-state index contributed by atoms with van der Waals surface area (Å²) in [6, 6.07) is 0. The van der Waals surface area contributed by atoms with Gasteiger partial charge in [-0.05, 0) is 38.7 Å². The number of esters is 1. The summed E-state index contributed by atoms with van der Waals surface area (Å²) in [4.78, 5) is 36.2. The van der Waals surface area contributed by atoms with E-state index in [0.717, 1.165) is 18.4 Å². The highest BCUT2D eigenvalue weighted by atomic mass is 16.6.